The summed E-state index contributed by atoms with van der Waals surface area (Å²) in [5.41, 5.74) is 0.954. The molecule has 0 bridgehead atoms. The molecule has 0 fully saturated rings. The van der Waals surface area contributed by atoms with Crippen LogP contribution in [-0.2, 0) is 4.79 Å². The predicted molar refractivity (Wildman–Crippen MR) is 81.9 cm³/mol. The molecule has 0 aliphatic heterocycles. The number of nitrogens with one attached hydrogen (secondary N) is 2. The minimum atomic E-state index is -1.10. The summed E-state index contributed by atoms with van der Waals surface area (Å²) in [5.74, 6) is -1.82. The third kappa shape index (κ3) is 4.70. The molecule has 21 heavy (non-hydrogen) atoms. The summed E-state index contributed by atoms with van der Waals surface area (Å²) in [5, 5.41) is 14.0. The Morgan fingerprint density at radius 3 is 2.57 bits per heavy atom. The zero-order chi connectivity index (χ0) is 16.2. The maximum absolute atomic E-state index is 13.5. The maximum atomic E-state index is 13.5. The second-order valence-electron chi connectivity index (χ2n) is 4.88. The highest BCUT2D eigenvalue weighted by atomic mass is 79.9. The van der Waals surface area contributed by atoms with Crippen LogP contribution in [0.1, 0.15) is 25.8 Å². The van der Waals surface area contributed by atoms with Gasteiger partial charge in [0, 0.05) is 5.69 Å². The summed E-state index contributed by atoms with van der Waals surface area (Å²) in [4.78, 5) is 23.0. The van der Waals surface area contributed by atoms with Crippen molar-refractivity contribution in [1.29, 1.82) is 0 Å². The fourth-order valence-electron chi connectivity index (χ4n) is 1.76. The molecule has 1 aromatic carbocycles. The van der Waals surface area contributed by atoms with Gasteiger partial charge in [0.25, 0.3) is 0 Å². The molecule has 1 rings (SSSR count). The van der Waals surface area contributed by atoms with Gasteiger partial charge in [0.05, 0.1) is 4.47 Å². The SMILES string of the molecule is CC[C@H](C)[C@H](NC(=O)Nc1cc(F)c(Br)cc1C)C(=O)O. The summed E-state index contributed by atoms with van der Waals surface area (Å²) in [6, 6.07) is 1.05. The third-order valence-corrected chi connectivity index (χ3v) is 3.89. The number of hydrogen-bond donors (Lipinski definition) is 3. The van der Waals surface area contributed by atoms with E-state index in [1.807, 2.05) is 6.92 Å². The number of carbonyl (C=O) groups is 2. The van der Waals surface area contributed by atoms with Gasteiger partial charge in [-0.2, -0.15) is 0 Å². The highest BCUT2D eigenvalue weighted by Crippen LogP contribution is 2.23. The van der Waals surface area contributed by atoms with Crippen LogP contribution in [0.3, 0.4) is 0 Å². The van der Waals surface area contributed by atoms with Gasteiger partial charge in [0.15, 0.2) is 0 Å². The zero-order valence-corrected chi connectivity index (χ0v) is 13.6. The first-order valence-electron chi connectivity index (χ1n) is 6.52. The molecule has 0 spiro atoms. The number of anilines is 1. The third-order valence-electron chi connectivity index (χ3n) is 3.28. The highest BCUT2D eigenvalue weighted by molar-refractivity contribution is 9.10. The summed E-state index contributed by atoms with van der Waals surface area (Å²) in [6.45, 7) is 5.29. The number of rotatable bonds is 5. The minimum Gasteiger partial charge on any atom is -0.480 e. The van der Waals surface area contributed by atoms with Crippen molar-refractivity contribution in [3.8, 4) is 0 Å². The van der Waals surface area contributed by atoms with Gasteiger partial charge >= 0.3 is 12.0 Å². The van der Waals surface area contributed by atoms with Crippen LogP contribution in [0.25, 0.3) is 0 Å². The lowest BCUT2D eigenvalue weighted by atomic mass is 9.99. The first kappa shape index (κ1) is 17.4. The number of halogens is 2. The minimum absolute atomic E-state index is 0.212. The van der Waals surface area contributed by atoms with Crippen LogP contribution in [0.15, 0.2) is 16.6 Å². The number of carboxylic acid groups (broad SMARTS) is 1. The van der Waals surface area contributed by atoms with E-state index >= 15 is 0 Å². The van der Waals surface area contributed by atoms with Crippen LogP contribution in [-0.4, -0.2) is 23.1 Å². The molecule has 0 aromatic heterocycles. The van der Waals surface area contributed by atoms with Crippen LogP contribution in [0, 0.1) is 18.7 Å². The van der Waals surface area contributed by atoms with Gasteiger partial charge < -0.3 is 15.7 Å². The van der Waals surface area contributed by atoms with Gasteiger partial charge in [0.2, 0.25) is 0 Å². The van der Waals surface area contributed by atoms with Gasteiger partial charge in [-0.1, -0.05) is 20.3 Å². The van der Waals surface area contributed by atoms with Crippen LogP contribution < -0.4 is 10.6 Å². The average molecular weight is 361 g/mol. The van der Waals surface area contributed by atoms with E-state index in [1.54, 1.807) is 13.8 Å². The summed E-state index contributed by atoms with van der Waals surface area (Å²) in [7, 11) is 0. The Morgan fingerprint density at radius 1 is 1.43 bits per heavy atom. The van der Waals surface area contributed by atoms with Crippen LogP contribution in [0.2, 0.25) is 0 Å². The van der Waals surface area contributed by atoms with Crippen molar-refractivity contribution in [3.05, 3.63) is 28.0 Å². The lowest BCUT2D eigenvalue weighted by molar-refractivity contribution is -0.140. The summed E-state index contributed by atoms with van der Waals surface area (Å²) >= 11 is 3.05. The van der Waals surface area contributed by atoms with Gasteiger partial charge in [-0.15, -0.1) is 0 Å². The lowest BCUT2D eigenvalue weighted by Gasteiger charge is -2.20. The Kier molecular flexibility index (Phi) is 6.14. The number of hydrogen-bond acceptors (Lipinski definition) is 2. The molecule has 7 heteroatoms. The molecular weight excluding hydrogens is 343 g/mol. The second kappa shape index (κ2) is 7.40. The van der Waals surface area contributed by atoms with Crippen molar-refractivity contribution in [2.75, 3.05) is 5.32 Å². The van der Waals surface area contributed by atoms with Crippen molar-refractivity contribution in [2.24, 2.45) is 5.92 Å². The Labute approximate surface area is 131 Å². The van der Waals surface area contributed by atoms with E-state index in [1.165, 1.54) is 12.1 Å². The standard InChI is InChI=1S/C14H18BrFN2O3/c1-4-7(2)12(13(19)20)18-14(21)17-11-6-10(16)9(15)5-8(11)3/h5-7,12H,4H2,1-3H3,(H,19,20)(H2,17,18,21)/t7-,12-/m0/s1. The fraction of sp³-hybridized carbons (Fsp3) is 0.429. The molecule has 3 N–H and O–H groups in total. The quantitative estimate of drug-likeness (QED) is 0.751. The first-order valence-corrected chi connectivity index (χ1v) is 7.31. The van der Waals surface area contributed by atoms with E-state index in [9.17, 15) is 14.0 Å². The Bertz CT molecular complexity index is 551. The Morgan fingerprint density at radius 2 is 2.05 bits per heavy atom. The molecule has 2 amide bonds. The van der Waals surface area contributed by atoms with Crippen LogP contribution >= 0.6 is 15.9 Å². The van der Waals surface area contributed by atoms with Gasteiger partial charge in [-0.05, 0) is 46.5 Å². The Balaban J connectivity index is 2.81. The van der Waals surface area contributed by atoms with Crippen molar-refractivity contribution >= 4 is 33.6 Å². The van der Waals surface area contributed by atoms with Crippen molar-refractivity contribution in [3.63, 3.8) is 0 Å². The maximum Gasteiger partial charge on any atom is 0.326 e. The number of urea groups is 1. The molecule has 0 aliphatic rings. The van der Waals surface area contributed by atoms with E-state index in [2.05, 4.69) is 26.6 Å². The number of amides is 2. The van der Waals surface area contributed by atoms with Gasteiger partial charge in [-0.25, -0.2) is 14.0 Å². The molecule has 0 saturated carbocycles. The number of benzene rings is 1. The molecule has 0 heterocycles. The second-order valence-corrected chi connectivity index (χ2v) is 5.74. The first-order chi connectivity index (χ1) is 9.76. The Hall–Kier alpha value is -1.63. The monoisotopic (exact) mass is 360 g/mol. The molecule has 0 aliphatic carbocycles. The van der Waals surface area contributed by atoms with E-state index in [0.29, 0.717) is 22.1 Å². The van der Waals surface area contributed by atoms with Crippen LogP contribution in [0.4, 0.5) is 14.9 Å². The molecule has 5 nitrogen and oxygen atoms in total. The van der Waals surface area contributed by atoms with Crippen LogP contribution in [0.5, 0.6) is 0 Å². The van der Waals surface area contributed by atoms with E-state index < -0.39 is 23.9 Å². The largest absolute Gasteiger partial charge is 0.480 e. The summed E-state index contributed by atoms with van der Waals surface area (Å²) in [6.07, 6.45) is 0.614. The van der Waals surface area contributed by atoms with Crippen molar-refractivity contribution < 1.29 is 19.1 Å². The number of aryl methyl sites for hydroxylation is 1. The van der Waals surface area contributed by atoms with Crippen molar-refractivity contribution in [1.82, 2.24) is 5.32 Å². The molecule has 0 saturated heterocycles. The molecule has 2 atom stereocenters. The molecule has 1 aromatic rings. The fourth-order valence-corrected chi connectivity index (χ4v) is 2.22. The van der Waals surface area contributed by atoms with Gasteiger partial charge in [0.1, 0.15) is 11.9 Å². The summed E-state index contributed by atoms with van der Waals surface area (Å²) < 4.78 is 13.8. The van der Waals surface area contributed by atoms with Crippen molar-refractivity contribution in [2.45, 2.75) is 33.2 Å². The lowest BCUT2D eigenvalue weighted by Crippen LogP contribution is -2.46. The molecule has 0 radical (unpaired) electrons. The molecule has 0 unspecified atom stereocenters. The molecule has 116 valence electrons. The zero-order valence-electron chi connectivity index (χ0n) is 12.0. The van der Waals surface area contributed by atoms with E-state index in [0.717, 1.165) is 0 Å². The van der Waals surface area contributed by atoms with E-state index in [4.69, 9.17) is 5.11 Å². The highest BCUT2D eigenvalue weighted by Gasteiger charge is 2.25. The normalized spacial score (nSPS) is 13.4. The topological polar surface area (TPSA) is 78.4 Å². The smallest absolute Gasteiger partial charge is 0.326 e. The average Bonchev–Trinajstić information content (AvgIpc) is 2.41. The predicted octanol–water partition coefficient (Wildman–Crippen LogP) is 3.52. The molecular formula is C14H18BrFN2O3. The number of carbonyl (C=O) groups excluding carboxylic acids is 1. The number of aliphatic carboxylic acids is 1. The van der Waals surface area contributed by atoms with E-state index in [-0.39, 0.29) is 5.92 Å². The van der Waals surface area contributed by atoms with Gasteiger partial charge in [-0.3, -0.25) is 0 Å². The number of carboxylic acids is 1.